The Balaban J connectivity index is 1.40. The highest BCUT2D eigenvalue weighted by molar-refractivity contribution is 5.78. The minimum atomic E-state index is 0.159. The number of nitrogens with one attached hydrogen (secondary N) is 2. The van der Waals surface area contributed by atoms with Gasteiger partial charge in [-0.2, -0.15) is 0 Å². The number of ether oxygens (including phenoxy) is 1. The van der Waals surface area contributed by atoms with E-state index in [4.69, 9.17) is 4.74 Å². The predicted molar refractivity (Wildman–Crippen MR) is 73.8 cm³/mol. The van der Waals surface area contributed by atoms with E-state index in [1.54, 1.807) is 0 Å². The van der Waals surface area contributed by atoms with Crippen LogP contribution in [0.5, 0.6) is 0 Å². The van der Waals surface area contributed by atoms with Gasteiger partial charge in [0, 0.05) is 18.1 Å². The summed E-state index contributed by atoms with van der Waals surface area (Å²) < 4.78 is 5.80. The van der Waals surface area contributed by atoms with Crippen molar-refractivity contribution in [1.82, 2.24) is 10.6 Å². The van der Waals surface area contributed by atoms with Gasteiger partial charge >= 0.3 is 0 Å². The van der Waals surface area contributed by atoms with E-state index in [2.05, 4.69) is 17.6 Å². The molecule has 2 N–H and O–H groups in total. The third-order valence-electron chi connectivity index (χ3n) is 5.19. The van der Waals surface area contributed by atoms with Crippen LogP contribution < -0.4 is 10.6 Å². The van der Waals surface area contributed by atoms with Crippen LogP contribution >= 0.6 is 0 Å². The van der Waals surface area contributed by atoms with E-state index in [1.165, 1.54) is 32.1 Å². The molecule has 3 rings (SSSR count). The Morgan fingerprint density at radius 2 is 2.16 bits per heavy atom. The summed E-state index contributed by atoms with van der Waals surface area (Å²) in [5.41, 5.74) is 0.280. The summed E-state index contributed by atoms with van der Waals surface area (Å²) in [6, 6.07) is 0.355. The summed E-state index contributed by atoms with van der Waals surface area (Å²) in [5.74, 6) is 0.990. The van der Waals surface area contributed by atoms with Crippen LogP contribution in [0.25, 0.3) is 0 Å². The second-order valence-electron chi connectivity index (χ2n) is 6.46. The molecule has 2 atom stereocenters. The number of rotatable bonds is 7. The summed E-state index contributed by atoms with van der Waals surface area (Å²) in [6.45, 7) is 4.32. The molecule has 3 saturated carbocycles. The van der Waals surface area contributed by atoms with Crippen molar-refractivity contribution in [1.29, 1.82) is 0 Å². The summed E-state index contributed by atoms with van der Waals surface area (Å²) >= 11 is 0. The molecule has 0 radical (unpaired) electrons. The van der Waals surface area contributed by atoms with Gasteiger partial charge in [-0.1, -0.05) is 6.42 Å². The molecule has 3 fully saturated rings. The Kier molecular flexibility index (Phi) is 3.81. The van der Waals surface area contributed by atoms with Gasteiger partial charge in [0.25, 0.3) is 0 Å². The SMILES string of the molecule is CCOC1CC(NC(=O)CNCC2CC2)C12CCC2. The zero-order valence-corrected chi connectivity index (χ0v) is 11.9. The molecule has 0 aromatic carbocycles. The lowest BCUT2D eigenvalue weighted by Crippen LogP contribution is -2.68. The zero-order valence-electron chi connectivity index (χ0n) is 11.9. The van der Waals surface area contributed by atoms with Gasteiger partial charge in [-0.3, -0.25) is 4.79 Å². The highest BCUT2D eigenvalue weighted by Gasteiger charge is 2.59. The first-order valence-corrected chi connectivity index (χ1v) is 7.86. The van der Waals surface area contributed by atoms with Gasteiger partial charge in [-0.25, -0.2) is 0 Å². The van der Waals surface area contributed by atoms with Crippen molar-refractivity contribution in [2.45, 2.75) is 57.6 Å². The molecule has 4 heteroatoms. The van der Waals surface area contributed by atoms with Crippen molar-refractivity contribution >= 4 is 5.91 Å². The van der Waals surface area contributed by atoms with E-state index in [-0.39, 0.29) is 11.3 Å². The predicted octanol–water partition coefficient (Wildman–Crippen LogP) is 1.45. The molecule has 1 spiro atoms. The molecule has 0 aromatic heterocycles. The highest BCUT2D eigenvalue weighted by atomic mass is 16.5. The van der Waals surface area contributed by atoms with Gasteiger partial charge in [-0.05, 0) is 51.5 Å². The molecule has 2 unspecified atom stereocenters. The highest BCUT2D eigenvalue weighted by Crippen LogP contribution is 2.57. The normalized spacial score (nSPS) is 31.6. The minimum Gasteiger partial charge on any atom is -0.378 e. The van der Waals surface area contributed by atoms with Gasteiger partial charge in [-0.15, -0.1) is 0 Å². The Hall–Kier alpha value is -0.610. The molecule has 4 nitrogen and oxygen atoms in total. The van der Waals surface area contributed by atoms with E-state index < -0.39 is 0 Å². The molecule has 3 aliphatic rings. The molecule has 0 bridgehead atoms. The van der Waals surface area contributed by atoms with Crippen LogP contribution in [0.15, 0.2) is 0 Å². The lowest BCUT2D eigenvalue weighted by atomic mass is 9.51. The fraction of sp³-hybridized carbons (Fsp3) is 0.933. The van der Waals surface area contributed by atoms with Gasteiger partial charge < -0.3 is 15.4 Å². The number of amides is 1. The lowest BCUT2D eigenvalue weighted by Gasteiger charge is -2.61. The molecule has 19 heavy (non-hydrogen) atoms. The third-order valence-corrected chi connectivity index (χ3v) is 5.19. The average molecular weight is 266 g/mol. The summed E-state index contributed by atoms with van der Waals surface area (Å²) in [4.78, 5) is 11.9. The third kappa shape index (κ3) is 2.65. The van der Waals surface area contributed by atoms with E-state index >= 15 is 0 Å². The smallest absolute Gasteiger partial charge is 0.234 e. The molecule has 108 valence electrons. The molecule has 0 saturated heterocycles. The number of carbonyl (C=O) groups excluding carboxylic acids is 1. The van der Waals surface area contributed by atoms with Crippen molar-refractivity contribution < 1.29 is 9.53 Å². The maximum Gasteiger partial charge on any atom is 0.234 e. The maximum absolute atomic E-state index is 11.9. The molecule has 0 aromatic rings. The zero-order chi connectivity index (χ0) is 13.3. The Labute approximate surface area is 115 Å². The molecule has 1 amide bonds. The Morgan fingerprint density at radius 1 is 1.37 bits per heavy atom. The quantitative estimate of drug-likeness (QED) is 0.733. The second-order valence-corrected chi connectivity index (χ2v) is 6.46. The van der Waals surface area contributed by atoms with Crippen molar-refractivity contribution in [3.8, 4) is 0 Å². The number of hydrogen-bond acceptors (Lipinski definition) is 3. The fourth-order valence-corrected chi connectivity index (χ4v) is 3.60. The van der Waals surface area contributed by atoms with E-state index in [0.717, 1.165) is 25.5 Å². The van der Waals surface area contributed by atoms with Crippen LogP contribution in [0.4, 0.5) is 0 Å². The maximum atomic E-state index is 11.9. The average Bonchev–Trinajstić information content (AvgIpc) is 3.09. The lowest BCUT2D eigenvalue weighted by molar-refractivity contribution is -0.175. The standard InChI is InChI=1S/C15H26N2O2/c1-2-19-13-8-12(15(13)6-3-7-15)17-14(18)10-16-9-11-4-5-11/h11-13,16H,2-10H2,1H3,(H,17,18). The largest absolute Gasteiger partial charge is 0.378 e. The topological polar surface area (TPSA) is 50.4 Å². The van der Waals surface area contributed by atoms with E-state index in [1.807, 2.05) is 0 Å². The van der Waals surface area contributed by atoms with Crippen LogP contribution in [0, 0.1) is 11.3 Å². The van der Waals surface area contributed by atoms with Gasteiger partial charge in [0.15, 0.2) is 0 Å². The first-order chi connectivity index (χ1) is 9.24. The van der Waals surface area contributed by atoms with E-state index in [9.17, 15) is 4.79 Å². The van der Waals surface area contributed by atoms with Crippen molar-refractivity contribution in [2.24, 2.45) is 11.3 Å². The Morgan fingerprint density at radius 3 is 2.74 bits per heavy atom. The monoisotopic (exact) mass is 266 g/mol. The first kappa shape index (κ1) is 13.4. The van der Waals surface area contributed by atoms with Crippen molar-refractivity contribution in [3.05, 3.63) is 0 Å². The van der Waals surface area contributed by atoms with Crippen LogP contribution in [0.1, 0.15) is 45.4 Å². The fourth-order valence-electron chi connectivity index (χ4n) is 3.60. The van der Waals surface area contributed by atoms with Gasteiger partial charge in [0.05, 0.1) is 12.6 Å². The summed E-state index contributed by atoms with van der Waals surface area (Å²) in [7, 11) is 0. The molecule has 0 heterocycles. The molecular weight excluding hydrogens is 240 g/mol. The Bertz CT molecular complexity index is 337. The van der Waals surface area contributed by atoms with Gasteiger partial charge in [0.1, 0.15) is 0 Å². The summed E-state index contributed by atoms with van der Waals surface area (Å²) in [6.07, 6.45) is 7.78. The number of carbonyl (C=O) groups is 1. The van der Waals surface area contributed by atoms with Crippen LogP contribution in [-0.4, -0.2) is 37.7 Å². The van der Waals surface area contributed by atoms with Crippen LogP contribution in [-0.2, 0) is 9.53 Å². The number of hydrogen-bond donors (Lipinski definition) is 2. The molecule has 3 aliphatic carbocycles. The first-order valence-electron chi connectivity index (χ1n) is 7.86. The molecule has 0 aliphatic heterocycles. The van der Waals surface area contributed by atoms with Crippen LogP contribution in [0.3, 0.4) is 0 Å². The second kappa shape index (κ2) is 5.41. The van der Waals surface area contributed by atoms with Crippen molar-refractivity contribution in [3.63, 3.8) is 0 Å². The van der Waals surface area contributed by atoms with Crippen LogP contribution in [0.2, 0.25) is 0 Å². The molecular formula is C15H26N2O2. The summed E-state index contributed by atoms with van der Waals surface area (Å²) in [5, 5.41) is 6.47. The van der Waals surface area contributed by atoms with E-state index in [0.29, 0.717) is 18.7 Å². The van der Waals surface area contributed by atoms with Gasteiger partial charge in [0.2, 0.25) is 5.91 Å². The minimum absolute atomic E-state index is 0.159. The van der Waals surface area contributed by atoms with Crippen molar-refractivity contribution in [2.75, 3.05) is 19.7 Å².